The van der Waals surface area contributed by atoms with Crippen molar-refractivity contribution >= 4 is 11.9 Å². The number of alkyl halides is 1. The summed E-state index contributed by atoms with van der Waals surface area (Å²) in [6, 6.07) is -1.13. The molecule has 374 valence electrons. The normalized spacial score (nSPS) is 42.7. The van der Waals surface area contributed by atoms with Crippen LogP contribution >= 0.6 is 0 Å². The molecule has 19 heteroatoms. The van der Waals surface area contributed by atoms with Crippen molar-refractivity contribution in [2.24, 2.45) is 17.6 Å². The van der Waals surface area contributed by atoms with Crippen molar-refractivity contribution in [2.45, 2.75) is 163 Å². The van der Waals surface area contributed by atoms with Crippen molar-refractivity contribution in [3.05, 3.63) is 85.1 Å². The quantitative estimate of drug-likeness (QED) is 0.163. The van der Waals surface area contributed by atoms with Crippen molar-refractivity contribution in [3.8, 4) is 0 Å². The van der Waals surface area contributed by atoms with Gasteiger partial charge in [-0.3, -0.25) is 9.59 Å². The van der Waals surface area contributed by atoms with Crippen LogP contribution < -0.4 is 11.1 Å². The number of aliphatic hydroxyl groups excluding tert-OH is 9. The highest BCUT2D eigenvalue weighted by molar-refractivity contribution is 5.80. The molecule has 0 spiro atoms. The maximum Gasteiger partial charge on any atom is 0.308 e. The highest BCUT2D eigenvalue weighted by atomic mass is 19.1. The summed E-state index contributed by atoms with van der Waals surface area (Å²) in [6.07, 6.45) is 4.86. The first-order valence-electron chi connectivity index (χ1n) is 22.6. The van der Waals surface area contributed by atoms with E-state index in [1.54, 1.807) is 79.8 Å². The number of rotatable bonds is 5. The van der Waals surface area contributed by atoms with Gasteiger partial charge >= 0.3 is 5.97 Å². The van der Waals surface area contributed by atoms with Crippen LogP contribution in [0.3, 0.4) is 0 Å². The third-order valence-corrected chi connectivity index (χ3v) is 11.5. The van der Waals surface area contributed by atoms with Crippen LogP contribution in [0.15, 0.2) is 85.1 Å². The first-order chi connectivity index (χ1) is 31.3. The molecular weight excluding hydrogens is 868 g/mol. The van der Waals surface area contributed by atoms with Gasteiger partial charge < -0.3 is 81.1 Å². The van der Waals surface area contributed by atoms with Crippen molar-refractivity contribution in [1.29, 1.82) is 0 Å². The van der Waals surface area contributed by atoms with Gasteiger partial charge in [0.2, 0.25) is 5.91 Å². The molecule has 13 N–H and O–H groups in total. The Labute approximate surface area is 385 Å². The number of hydrogen-bond donors (Lipinski definition) is 12. The molecule has 2 bridgehead atoms. The molecule has 3 heterocycles. The van der Waals surface area contributed by atoms with Gasteiger partial charge in [-0.25, -0.2) is 4.39 Å². The summed E-state index contributed by atoms with van der Waals surface area (Å²) in [7, 11) is 0. The van der Waals surface area contributed by atoms with Crippen LogP contribution in [-0.4, -0.2) is 174 Å². The second kappa shape index (κ2) is 29.4. The number of amides is 1. The number of nitrogens with one attached hydrogen (secondary N) is 1. The molecule has 18 nitrogen and oxygen atoms in total. The average molecular weight is 941 g/mol. The Balaban J connectivity index is 1.88. The van der Waals surface area contributed by atoms with Gasteiger partial charge in [0.15, 0.2) is 12.1 Å². The van der Waals surface area contributed by atoms with Gasteiger partial charge in [-0.15, -0.1) is 0 Å². The molecule has 3 aliphatic heterocycles. The number of carbonyl (C=O) groups is 2. The SMILES string of the molecule is C[C@H]1C[C@H](O)[C@@H](C)/C=C/C=C/C=C/C=C/C=C/C=C/C=C/C(O[C@@H]2OC[C@@H](O)[C@H](N)[C@@H]2O)C[C@@H]2OC(O)(CC(O)CC(O)C(O)CCC(O)CC(O)CC(=O)O1)C[C@H](O)C2C(=O)NCCF. The molecule has 0 aliphatic carbocycles. The molecule has 2 fully saturated rings. The number of halogens is 1. The van der Waals surface area contributed by atoms with E-state index in [1.807, 2.05) is 13.0 Å². The molecule has 0 aromatic carbocycles. The van der Waals surface area contributed by atoms with Crippen LogP contribution in [0.2, 0.25) is 0 Å². The fraction of sp³-hybridized carbons (Fsp3) is 0.660. The molecule has 8 unspecified atom stereocenters. The van der Waals surface area contributed by atoms with Gasteiger partial charge in [-0.2, -0.15) is 0 Å². The Kier molecular flexibility index (Phi) is 25.3. The summed E-state index contributed by atoms with van der Waals surface area (Å²) in [4.78, 5) is 25.8. The summed E-state index contributed by atoms with van der Waals surface area (Å²) in [5.74, 6) is -5.50. The molecule has 3 aliphatic rings. The minimum absolute atomic E-state index is 0.108. The number of ether oxygens (including phenoxy) is 4. The smallest absolute Gasteiger partial charge is 0.308 e. The molecule has 17 atom stereocenters. The number of cyclic esters (lactones) is 1. The standard InChI is InChI=1S/C47H73FN2O16/c1-29-15-13-11-9-7-5-3-4-6-8-10-12-14-16-34(65-46-44(60)43(49)39(58)28-63-46)25-40-42(45(61)50-20-19-48)38(57)27-47(62,66-40)26-33(53)23-37(56)35(54)18-17-31(51)22-32(52)24-41(59)64-30(2)21-36(29)55/h3-16,29-40,42-44,46,51-58,60,62H,17-28,49H2,1-2H3,(H,50,61)/b4-3+,7-5+,8-6+,11-9+,12-10+,15-13+,16-14+/t29-,30-,31?,32?,33?,34?,35?,36-,37?,38-,39+,40-,42?,43-,44-,46-,47?/m0/s1. The van der Waals surface area contributed by atoms with E-state index in [1.165, 1.54) is 6.08 Å². The highest BCUT2D eigenvalue weighted by Crippen LogP contribution is 2.38. The van der Waals surface area contributed by atoms with Crippen LogP contribution in [0, 0.1) is 11.8 Å². The third-order valence-electron chi connectivity index (χ3n) is 11.5. The number of allylic oxidation sites excluding steroid dienone is 12. The zero-order chi connectivity index (χ0) is 48.8. The van der Waals surface area contributed by atoms with Crippen molar-refractivity contribution in [1.82, 2.24) is 5.32 Å². The molecule has 2 saturated heterocycles. The fourth-order valence-corrected chi connectivity index (χ4v) is 7.80. The number of hydrogen-bond acceptors (Lipinski definition) is 17. The van der Waals surface area contributed by atoms with Crippen molar-refractivity contribution in [2.75, 3.05) is 19.8 Å². The summed E-state index contributed by atoms with van der Waals surface area (Å²) in [6.45, 7) is 1.88. The van der Waals surface area contributed by atoms with Gasteiger partial charge in [0.05, 0.1) is 86.0 Å². The fourth-order valence-electron chi connectivity index (χ4n) is 7.80. The Hall–Kier alpha value is -3.51. The summed E-state index contributed by atoms with van der Waals surface area (Å²) < 4.78 is 36.2. The van der Waals surface area contributed by atoms with Gasteiger partial charge in [0.1, 0.15) is 18.9 Å². The molecule has 1 amide bonds. The number of nitrogens with two attached hydrogens (primary N) is 1. The molecule has 3 rings (SSSR count). The largest absolute Gasteiger partial charge is 0.462 e. The lowest BCUT2D eigenvalue weighted by molar-refractivity contribution is -0.304. The van der Waals surface area contributed by atoms with E-state index in [4.69, 9.17) is 24.7 Å². The van der Waals surface area contributed by atoms with E-state index in [-0.39, 0.29) is 51.2 Å². The second-order valence-electron chi connectivity index (χ2n) is 17.3. The minimum Gasteiger partial charge on any atom is -0.462 e. The zero-order valence-electron chi connectivity index (χ0n) is 37.7. The maximum atomic E-state index is 13.3. The summed E-state index contributed by atoms with van der Waals surface area (Å²) in [5, 5.41) is 110. The second-order valence-corrected chi connectivity index (χ2v) is 17.3. The Morgan fingerprint density at radius 1 is 0.742 bits per heavy atom. The molecule has 0 saturated carbocycles. The lowest BCUT2D eigenvalue weighted by Crippen LogP contribution is -2.59. The van der Waals surface area contributed by atoms with E-state index >= 15 is 0 Å². The van der Waals surface area contributed by atoms with Gasteiger partial charge in [0, 0.05) is 44.6 Å². The Bertz CT molecular complexity index is 1660. The predicted octanol–water partition coefficient (Wildman–Crippen LogP) is 0.0783. The molecule has 0 aromatic rings. The average Bonchev–Trinajstić information content (AvgIpc) is 3.23. The van der Waals surface area contributed by atoms with Crippen LogP contribution in [0.4, 0.5) is 4.39 Å². The molecule has 0 radical (unpaired) electrons. The molecular formula is C47H73FN2O16. The Morgan fingerprint density at radius 3 is 1.97 bits per heavy atom. The number of aliphatic hydroxyl groups is 10. The van der Waals surface area contributed by atoms with Crippen LogP contribution in [0.1, 0.15) is 71.6 Å². The van der Waals surface area contributed by atoms with Gasteiger partial charge in [0.25, 0.3) is 0 Å². The van der Waals surface area contributed by atoms with Gasteiger partial charge in [-0.1, -0.05) is 92.0 Å². The van der Waals surface area contributed by atoms with Crippen molar-refractivity contribution in [3.63, 3.8) is 0 Å². The van der Waals surface area contributed by atoms with E-state index in [2.05, 4.69) is 5.32 Å². The molecule has 0 aromatic heterocycles. The van der Waals surface area contributed by atoms with Crippen molar-refractivity contribution < 1.29 is 84.0 Å². The van der Waals surface area contributed by atoms with Gasteiger partial charge in [-0.05, 0) is 26.2 Å². The zero-order valence-corrected chi connectivity index (χ0v) is 37.7. The van der Waals surface area contributed by atoms with Crippen LogP contribution in [0.5, 0.6) is 0 Å². The lowest BCUT2D eigenvalue weighted by Gasteiger charge is -2.45. The van der Waals surface area contributed by atoms with E-state index in [0.717, 1.165) is 0 Å². The first kappa shape index (κ1) is 56.8. The van der Waals surface area contributed by atoms with Crippen LogP contribution in [0.25, 0.3) is 0 Å². The third kappa shape index (κ3) is 20.4. The number of fused-ring (bicyclic) bond motifs is 2. The van der Waals surface area contributed by atoms with E-state index in [0.29, 0.717) is 0 Å². The highest BCUT2D eigenvalue weighted by Gasteiger charge is 2.50. The molecule has 66 heavy (non-hydrogen) atoms. The Morgan fingerprint density at radius 2 is 1.35 bits per heavy atom. The predicted molar refractivity (Wildman–Crippen MR) is 239 cm³/mol. The topological polar surface area (TPSA) is 311 Å². The first-order valence-corrected chi connectivity index (χ1v) is 22.6. The number of esters is 1. The minimum atomic E-state index is -2.31. The van der Waals surface area contributed by atoms with E-state index in [9.17, 15) is 65.0 Å². The lowest BCUT2D eigenvalue weighted by atomic mass is 9.82. The van der Waals surface area contributed by atoms with Crippen LogP contribution in [-0.2, 0) is 28.5 Å². The van der Waals surface area contributed by atoms with E-state index < -0.39 is 142 Å². The monoisotopic (exact) mass is 940 g/mol. The number of carbonyl (C=O) groups excluding carboxylic acids is 2. The summed E-state index contributed by atoms with van der Waals surface area (Å²) in [5.41, 5.74) is 5.96. The summed E-state index contributed by atoms with van der Waals surface area (Å²) >= 11 is 0. The maximum absolute atomic E-state index is 13.3.